The van der Waals surface area contributed by atoms with Crippen LogP contribution in [0.25, 0.3) is 0 Å². The Morgan fingerprint density at radius 3 is 2.59 bits per heavy atom. The minimum atomic E-state index is -4.61. The molecule has 2 heterocycles. The smallest absolute Gasteiger partial charge is 0.348 e. The van der Waals surface area contributed by atoms with Crippen LogP contribution < -0.4 is 5.32 Å². The number of hydrazone groups is 1. The minimum absolute atomic E-state index is 0.0357. The second-order valence-electron chi connectivity index (χ2n) is 7.46. The second-order valence-corrected chi connectivity index (χ2v) is 8.82. The molecule has 29 heavy (non-hydrogen) atoms. The van der Waals surface area contributed by atoms with Gasteiger partial charge < -0.3 is 5.32 Å². The third-order valence-corrected chi connectivity index (χ3v) is 5.21. The third kappa shape index (κ3) is 4.92. The maximum atomic E-state index is 13.4. The van der Waals surface area contributed by atoms with Gasteiger partial charge in [-0.2, -0.15) is 18.3 Å². The topological polar surface area (TPSA) is 57.1 Å². The molecule has 0 saturated carbocycles. The summed E-state index contributed by atoms with van der Waals surface area (Å²) in [5.41, 5.74) is -0.0611. The van der Waals surface area contributed by atoms with E-state index in [9.17, 15) is 22.4 Å². The Morgan fingerprint density at radius 1 is 1.31 bits per heavy atom. The molecule has 0 saturated heterocycles. The number of nitrogens with one attached hydrogen (secondary N) is 1. The maximum Gasteiger partial charge on any atom is 0.441 e. The lowest BCUT2D eigenvalue weighted by molar-refractivity contribution is -0.117. The first-order chi connectivity index (χ1) is 13.3. The van der Waals surface area contributed by atoms with Crippen LogP contribution in [0.1, 0.15) is 32.4 Å². The first kappa shape index (κ1) is 21.6. The molecule has 2 aliphatic rings. The molecule has 2 atom stereocenters. The Kier molecular flexibility index (Phi) is 5.70. The van der Waals surface area contributed by atoms with Crippen molar-refractivity contribution in [2.24, 2.45) is 10.1 Å². The molecule has 2 unspecified atom stereocenters. The number of thioether (sulfide) groups is 1. The molecule has 3 rings (SSSR count). The fourth-order valence-electron chi connectivity index (χ4n) is 2.80. The molecule has 0 radical (unpaired) electrons. The van der Waals surface area contributed by atoms with Gasteiger partial charge in [-0.3, -0.25) is 4.79 Å². The maximum absolute atomic E-state index is 13.4. The van der Waals surface area contributed by atoms with Gasteiger partial charge in [0.2, 0.25) is 11.0 Å². The highest BCUT2D eigenvalue weighted by Crippen LogP contribution is 2.43. The number of fused-ring (bicyclic) bond motifs is 1. The van der Waals surface area contributed by atoms with Crippen LogP contribution in [0.5, 0.6) is 0 Å². The van der Waals surface area contributed by atoms with E-state index >= 15 is 0 Å². The number of amidine groups is 1. The summed E-state index contributed by atoms with van der Waals surface area (Å²) >= 11 is 6.52. The van der Waals surface area contributed by atoms with Gasteiger partial charge in [0.1, 0.15) is 11.9 Å². The number of nitrogens with zero attached hydrogens (tertiary/aromatic N) is 3. The molecule has 5 nitrogen and oxygen atoms in total. The zero-order valence-corrected chi connectivity index (χ0v) is 17.2. The summed E-state index contributed by atoms with van der Waals surface area (Å²) in [4.78, 5) is 16.4. The summed E-state index contributed by atoms with van der Waals surface area (Å²) < 4.78 is 52.5. The molecule has 1 N–H and O–H groups in total. The number of amides is 1. The molecule has 156 valence electrons. The lowest BCUT2D eigenvalue weighted by atomic mass is 9.99. The van der Waals surface area contributed by atoms with Crippen molar-refractivity contribution in [2.45, 2.75) is 44.6 Å². The highest BCUT2D eigenvalue weighted by molar-refractivity contribution is 8.27. The van der Waals surface area contributed by atoms with Gasteiger partial charge in [0.15, 0.2) is 5.17 Å². The Hall–Kier alpha value is -2.07. The Balaban J connectivity index is 1.94. The average Bonchev–Trinajstić information content (AvgIpc) is 3.09. The summed E-state index contributed by atoms with van der Waals surface area (Å²) in [6.45, 7) is 5.40. The van der Waals surface area contributed by atoms with Crippen molar-refractivity contribution in [1.29, 1.82) is 0 Å². The van der Waals surface area contributed by atoms with Crippen LogP contribution in [0.2, 0.25) is 5.02 Å². The molecule has 2 aliphatic heterocycles. The Bertz CT molecular complexity index is 923. The van der Waals surface area contributed by atoms with Gasteiger partial charge in [-0.25, -0.2) is 14.4 Å². The summed E-state index contributed by atoms with van der Waals surface area (Å²) in [5.74, 6) is -0.963. The van der Waals surface area contributed by atoms with Crippen LogP contribution in [0.3, 0.4) is 0 Å². The number of halogens is 5. The van der Waals surface area contributed by atoms with E-state index in [1.165, 1.54) is 24.3 Å². The van der Waals surface area contributed by atoms with Crippen LogP contribution in [0.15, 0.2) is 40.4 Å². The molecule has 0 fully saturated rings. The van der Waals surface area contributed by atoms with Crippen LogP contribution in [0.4, 0.5) is 17.6 Å². The number of hydrogen-bond donors (Lipinski definition) is 1. The lowest BCUT2D eigenvalue weighted by Gasteiger charge is -2.22. The van der Waals surface area contributed by atoms with Crippen molar-refractivity contribution in [2.75, 3.05) is 0 Å². The molecule has 11 heteroatoms. The number of hydrogen-bond acceptors (Lipinski definition) is 5. The number of carbonyl (C=O) groups excluding carboxylic acids is 1. The van der Waals surface area contributed by atoms with E-state index in [0.29, 0.717) is 17.3 Å². The number of aliphatic imine (C=N–C) groups is 1. The average molecular weight is 449 g/mol. The van der Waals surface area contributed by atoms with Crippen molar-refractivity contribution in [3.63, 3.8) is 0 Å². The zero-order valence-electron chi connectivity index (χ0n) is 15.6. The third-order valence-electron chi connectivity index (χ3n) is 3.90. The van der Waals surface area contributed by atoms with Crippen LogP contribution in [0, 0.1) is 5.82 Å². The predicted octanol–water partition coefficient (Wildman–Crippen LogP) is 4.65. The van der Waals surface area contributed by atoms with Gasteiger partial charge >= 0.3 is 6.18 Å². The van der Waals surface area contributed by atoms with E-state index in [4.69, 9.17) is 11.6 Å². The molecule has 0 aromatic heterocycles. The molecule has 0 spiro atoms. The van der Waals surface area contributed by atoms with E-state index < -0.39 is 40.6 Å². The van der Waals surface area contributed by atoms with E-state index in [1.54, 1.807) is 20.8 Å². The molecule has 1 amide bonds. The summed E-state index contributed by atoms with van der Waals surface area (Å²) in [5, 5.41) is 6.55. The summed E-state index contributed by atoms with van der Waals surface area (Å²) in [6, 6.07) is 2.14. The Labute approximate surface area is 173 Å². The predicted molar refractivity (Wildman–Crippen MR) is 105 cm³/mol. The van der Waals surface area contributed by atoms with Gasteiger partial charge in [-0.1, -0.05) is 23.7 Å². The van der Waals surface area contributed by atoms with Crippen molar-refractivity contribution >= 4 is 39.5 Å². The fraction of sp³-hybridized carbons (Fsp3) is 0.389. The van der Waals surface area contributed by atoms with E-state index in [1.807, 2.05) is 0 Å². The summed E-state index contributed by atoms with van der Waals surface area (Å²) in [6.07, 6.45) is -1.96. The van der Waals surface area contributed by atoms with Gasteiger partial charge in [0.25, 0.3) is 0 Å². The van der Waals surface area contributed by atoms with E-state index in [2.05, 4.69) is 15.4 Å². The van der Waals surface area contributed by atoms with E-state index in [-0.39, 0.29) is 10.2 Å². The van der Waals surface area contributed by atoms with Crippen molar-refractivity contribution < 1.29 is 22.4 Å². The molecule has 1 aromatic rings. The number of rotatable bonds is 3. The van der Waals surface area contributed by atoms with Crippen LogP contribution in [-0.4, -0.2) is 38.9 Å². The van der Waals surface area contributed by atoms with Crippen molar-refractivity contribution in [3.8, 4) is 0 Å². The quantitative estimate of drug-likeness (QED) is 0.540. The monoisotopic (exact) mass is 448 g/mol. The largest absolute Gasteiger partial charge is 0.441 e. The molecule has 0 aliphatic carbocycles. The van der Waals surface area contributed by atoms with Gasteiger partial charge in [-0.05, 0) is 50.2 Å². The van der Waals surface area contributed by atoms with Crippen LogP contribution in [-0.2, 0) is 4.79 Å². The molecular formula is C18H17ClF4N4OS. The first-order valence-corrected chi connectivity index (χ1v) is 9.70. The van der Waals surface area contributed by atoms with Crippen LogP contribution >= 0.6 is 23.4 Å². The van der Waals surface area contributed by atoms with E-state index in [0.717, 1.165) is 11.1 Å². The fourth-order valence-corrected chi connectivity index (χ4v) is 3.92. The van der Waals surface area contributed by atoms with Gasteiger partial charge in [0.05, 0.1) is 6.04 Å². The lowest BCUT2D eigenvalue weighted by Crippen LogP contribution is -2.40. The standard InChI is InChI=1S/C18H17ClF4N4OS/c1-17(2,3)25-13(28)7-6-12-14(10-5-4-9(20)8-11(10)19)24-16-27(12)26-15(29-16)18(21,22)23/h4-8,12,14H,1-3H3,(H,25,28)/b7-6+. The number of carbonyl (C=O) groups is 1. The zero-order chi connectivity index (χ0) is 21.6. The van der Waals surface area contributed by atoms with Crippen molar-refractivity contribution in [1.82, 2.24) is 10.3 Å². The Morgan fingerprint density at radius 2 is 2.00 bits per heavy atom. The highest BCUT2D eigenvalue weighted by atomic mass is 35.5. The molecular weight excluding hydrogens is 432 g/mol. The first-order valence-electron chi connectivity index (χ1n) is 8.51. The van der Waals surface area contributed by atoms with Gasteiger partial charge in [-0.15, -0.1) is 0 Å². The van der Waals surface area contributed by atoms with Gasteiger partial charge in [0, 0.05) is 16.6 Å². The molecule has 0 bridgehead atoms. The second kappa shape index (κ2) is 7.64. The SMILES string of the molecule is CC(C)(C)NC(=O)/C=C/C1C(c2ccc(F)cc2Cl)N=C2SC(C(F)(F)F)=NN21. The minimum Gasteiger partial charge on any atom is -0.348 e. The highest BCUT2D eigenvalue weighted by Gasteiger charge is 2.48. The number of benzene rings is 1. The number of alkyl halides is 3. The summed E-state index contributed by atoms with van der Waals surface area (Å²) in [7, 11) is 0. The normalized spacial score (nSPS) is 22.0. The van der Waals surface area contributed by atoms with Crippen molar-refractivity contribution in [3.05, 3.63) is 46.8 Å². The molecule has 1 aromatic carbocycles.